The Kier molecular flexibility index (Phi) is 4.27. The molecule has 0 fully saturated rings. The second-order valence-electron chi connectivity index (χ2n) is 6.27. The van der Waals surface area contributed by atoms with Crippen molar-refractivity contribution in [2.24, 2.45) is 5.10 Å². The fourth-order valence-corrected chi connectivity index (χ4v) is 4.25. The molecule has 27 heavy (non-hydrogen) atoms. The third-order valence-corrected chi connectivity index (χ3v) is 5.53. The molecule has 1 aliphatic heterocycles. The quantitative estimate of drug-likeness (QED) is 0.693. The molecule has 1 aliphatic rings. The Labute approximate surface area is 157 Å². The van der Waals surface area contributed by atoms with E-state index in [1.807, 2.05) is 42.5 Å². The van der Waals surface area contributed by atoms with E-state index in [-0.39, 0.29) is 0 Å². The number of fused-ring (bicyclic) bond motifs is 1. The second-order valence-corrected chi connectivity index (χ2v) is 8.11. The predicted octanol–water partition coefficient (Wildman–Crippen LogP) is 2.75. The van der Waals surface area contributed by atoms with Crippen LogP contribution in [0.25, 0.3) is 11.0 Å². The summed E-state index contributed by atoms with van der Waals surface area (Å²) in [7, 11) is -1.99. The van der Waals surface area contributed by atoms with Crippen LogP contribution in [-0.2, 0) is 10.0 Å². The maximum absolute atomic E-state index is 12.4. The summed E-state index contributed by atoms with van der Waals surface area (Å²) in [6, 6.07) is 12.6. The Balaban J connectivity index is 1.85. The fourth-order valence-electron chi connectivity index (χ4n) is 3.36. The summed E-state index contributed by atoms with van der Waals surface area (Å²) >= 11 is 0. The van der Waals surface area contributed by atoms with Crippen molar-refractivity contribution in [3.8, 4) is 5.75 Å². The Bertz CT molecular complexity index is 1140. The van der Waals surface area contributed by atoms with Gasteiger partial charge in [0.25, 0.3) is 0 Å². The lowest BCUT2D eigenvalue weighted by Gasteiger charge is -2.22. The van der Waals surface area contributed by atoms with E-state index in [0.29, 0.717) is 28.9 Å². The van der Waals surface area contributed by atoms with E-state index >= 15 is 0 Å². The van der Waals surface area contributed by atoms with Crippen molar-refractivity contribution in [2.45, 2.75) is 12.5 Å². The van der Waals surface area contributed by atoms with Gasteiger partial charge in [-0.15, -0.1) is 0 Å². The third-order valence-electron chi connectivity index (χ3n) is 4.52. The van der Waals surface area contributed by atoms with Gasteiger partial charge in [0.1, 0.15) is 5.75 Å². The van der Waals surface area contributed by atoms with Crippen molar-refractivity contribution in [3.63, 3.8) is 0 Å². The normalized spacial score (nSPS) is 17.2. The molecule has 138 valence electrons. The smallest absolute Gasteiger partial charge is 0.247 e. The van der Waals surface area contributed by atoms with Crippen molar-refractivity contribution >= 4 is 26.8 Å². The zero-order chi connectivity index (χ0) is 19.0. The number of methoxy groups -OCH3 is 1. The van der Waals surface area contributed by atoms with Gasteiger partial charge < -0.3 is 4.74 Å². The van der Waals surface area contributed by atoms with Crippen molar-refractivity contribution < 1.29 is 13.2 Å². The number of hydrazone groups is 1. The maximum Gasteiger partial charge on any atom is 0.247 e. The lowest BCUT2D eigenvalue weighted by atomic mass is 9.97. The van der Waals surface area contributed by atoms with Gasteiger partial charge in [-0.1, -0.05) is 24.3 Å². The van der Waals surface area contributed by atoms with Crippen LogP contribution in [0.15, 0.2) is 60.0 Å². The number of sulfonamides is 1. The molecule has 0 aliphatic carbocycles. The molecular weight excluding hydrogens is 364 g/mol. The number of hydrogen-bond acceptors (Lipinski definition) is 6. The highest BCUT2D eigenvalue weighted by Gasteiger charge is 2.36. The first-order valence-electron chi connectivity index (χ1n) is 8.39. The Morgan fingerprint density at radius 2 is 1.85 bits per heavy atom. The highest BCUT2D eigenvalue weighted by atomic mass is 32.2. The molecule has 3 aromatic rings. The molecule has 4 rings (SSSR count). The first-order chi connectivity index (χ1) is 13.0. The van der Waals surface area contributed by atoms with Crippen molar-refractivity contribution in [3.05, 3.63) is 66.0 Å². The van der Waals surface area contributed by atoms with Crippen LogP contribution in [0.3, 0.4) is 0 Å². The van der Waals surface area contributed by atoms with E-state index in [9.17, 15) is 8.42 Å². The molecule has 0 amide bonds. The fraction of sp³-hybridized carbons (Fsp3) is 0.211. The average molecular weight is 382 g/mol. The molecule has 0 radical (unpaired) electrons. The molecule has 0 N–H and O–H groups in total. The second kappa shape index (κ2) is 6.62. The first-order valence-corrected chi connectivity index (χ1v) is 10.2. The summed E-state index contributed by atoms with van der Waals surface area (Å²) in [5, 5.41) is 4.44. The summed E-state index contributed by atoms with van der Waals surface area (Å²) in [4.78, 5) is 8.73. The van der Waals surface area contributed by atoms with E-state index in [1.165, 1.54) is 0 Å². The molecule has 2 aromatic carbocycles. The van der Waals surface area contributed by atoms with Gasteiger partial charge in [0.15, 0.2) is 0 Å². The summed E-state index contributed by atoms with van der Waals surface area (Å²) in [6.45, 7) is 0. The Morgan fingerprint density at radius 1 is 1.07 bits per heavy atom. The Morgan fingerprint density at radius 3 is 2.63 bits per heavy atom. The number of hydrogen-bond donors (Lipinski definition) is 0. The van der Waals surface area contributed by atoms with Gasteiger partial charge in [0.2, 0.25) is 10.0 Å². The topological polar surface area (TPSA) is 84.8 Å². The Hall–Kier alpha value is -3.00. The molecule has 1 aromatic heterocycles. The highest BCUT2D eigenvalue weighted by Crippen LogP contribution is 2.38. The SMILES string of the molecule is COc1ccccc1C1=NN(S(C)(=O)=O)[C@@H](c2cccc3nccnc23)C1. The summed E-state index contributed by atoms with van der Waals surface area (Å²) < 4.78 is 31.5. The number of ether oxygens (including phenoxy) is 1. The lowest BCUT2D eigenvalue weighted by molar-refractivity contribution is 0.376. The minimum Gasteiger partial charge on any atom is -0.496 e. The third kappa shape index (κ3) is 3.12. The lowest BCUT2D eigenvalue weighted by Crippen LogP contribution is -2.26. The molecule has 0 unspecified atom stereocenters. The predicted molar refractivity (Wildman–Crippen MR) is 103 cm³/mol. The van der Waals surface area contributed by atoms with Gasteiger partial charge in [-0.3, -0.25) is 9.97 Å². The molecule has 2 heterocycles. The monoisotopic (exact) mass is 382 g/mol. The summed E-state index contributed by atoms with van der Waals surface area (Å²) in [5.41, 5.74) is 3.61. The van der Waals surface area contributed by atoms with E-state index in [2.05, 4.69) is 15.1 Å². The van der Waals surface area contributed by atoms with Crippen LogP contribution in [0, 0.1) is 0 Å². The van der Waals surface area contributed by atoms with Crippen LogP contribution >= 0.6 is 0 Å². The van der Waals surface area contributed by atoms with E-state index in [4.69, 9.17) is 4.74 Å². The standard InChI is InChI=1S/C19H18N4O3S/c1-26-18-9-4-3-6-13(18)16-12-17(23(22-16)27(2,24)25)14-7-5-8-15-19(14)21-11-10-20-15/h3-11,17H,12H2,1-2H3/t17-/m1/s1. The minimum atomic E-state index is -3.57. The maximum atomic E-state index is 12.4. The summed E-state index contributed by atoms with van der Waals surface area (Å²) in [6.07, 6.45) is 4.80. The van der Waals surface area contributed by atoms with E-state index < -0.39 is 16.1 Å². The molecule has 0 saturated carbocycles. The van der Waals surface area contributed by atoms with Gasteiger partial charge >= 0.3 is 0 Å². The van der Waals surface area contributed by atoms with Gasteiger partial charge in [-0.05, 0) is 18.2 Å². The number of rotatable bonds is 4. The van der Waals surface area contributed by atoms with Crippen molar-refractivity contribution in [1.82, 2.24) is 14.4 Å². The van der Waals surface area contributed by atoms with Gasteiger partial charge in [0.05, 0.1) is 36.2 Å². The molecular formula is C19H18N4O3S. The molecule has 0 bridgehead atoms. The molecule has 1 atom stereocenters. The summed E-state index contributed by atoms with van der Waals surface area (Å²) in [5.74, 6) is 0.656. The number of benzene rings is 2. The van der Waals surface area contributed by atoms with E-state index in [0.717, 1.165) is 21.8 Å². The van der Waals surface area contributed by atoms with Gasteiger partial charge in [0, 0.05) is 29.9 Å². The zero-order valence-corrected chi connectivity index (χ0v) is 15.7. The molecule has 0 spiro atoms. The largest absolute Gasteiger partial charge is 0.496 e. The van der Waals surface area contributed by atoms with Crippen LogP contribution in [0.2, 0.25) is 0 Å². The van der Waals surface area contributed by atoms with Gasteiger partial charge in [-0.25, -0.2) is 8.42 Å². The van der Waals surface area contributed by atoms with Crippen LogP contribution in [0.5, 0.6) is 5.75 Å². The van der Waals surface area contributed by atoms with Crippen LogP contribution < -0.4 is 4.74 Å². The van der Waals surface area contributed by atoms with E-state index in [1.54, 1.807) is 19.5 Å². The van der Waals surface area contributed by atoms with Gasteiger partial charge in [-0.2, -0.15) is 9.52 Å². The van der Waals surface area contributed by atoms with Crippen LogP contribution in [-0.4, -0.2) is 41.9 Å². The average Bonchev–Trinajstić information content (AvgIpc) is 3.13. The highest BCUT2D eigenvalue weighted by molar-refractivity contribution is 7.88. The molecule has 7 nitrogen and oxygen atoms in total. The number of para-hydroxylation sites is 2. The first kappa shape index (κ1) is 17.4. The zero-order valence-electron chi connectivity index (χ0n) is 14.9. The number of aromatic nitrogens is 2. The minimum absolute atomic E-state index is 0.420. The van der Waals surface area contributed by atoms with Crippen LogP contribution in [0.1, 0.15) is 23.6 Å². The molecule has 0 saturated heterocycles. The number of nitrogens with zero attached hydrogens (tertiary/aromatic N) is 4. The molecule has 8 heteroatoms. The van der Waals surface area contributed by atoms with Crippen LogP contribution in [0.4, 0.5) is 0 Å². The van der Waals surface area contributed by atoms with Crippen molar-refractivity contribution in [1.29, 1.82) is 0 Å². The van der Waals surface area contributed by atoms with Crippen molar-refractivity contribution in [2.75, 3.05) is 13.4 Å².